The summed E-state index contributed by atoms with van der Waals surface area (Å²) < 4.78 is 18.8. The summed E-state index contributed by atoms with van der Waals surface area (Å²) in [5.41, 5.74) is 0. The monoisotopic (exact) mass is 146 g/mol. The quantitative estimate of drug-likeness (QED) is 0.475. The summed E-state index contributed by atoms with van der Waals surface area (Å²) >= 11 is -1.83. The van der Waals surface area contributed by atoms with Crippen LogP contribution in [-0.2, 0) is 11.1 Å². The summed E-state index contributed by atoms with van der Waals surface area (Å²) in [6.07, 6.45) is 4.94. The summed E-state index contributed by atoms with van der Waals surface area (Å²) in [7, 11) is 0. The Morgan fingerprint density at radius 2 is 2.11 bits per heavy atom. The molecular weight excluding hydrogens is 136 g/mol. The summed E-state index contributed by atoms with van der Waals surface area (Å²) in [5.74, 6) is 0. The molecule has 0 aliphatic rings. The topological polar surface area (TPSA) is 37.3 Å². The number of hydrogen-bond donors (Lipinski definition) is 1. The minimum Gasteiger partial charge on any atom is -0.302 e. The van der Waals surface area contributed by atoms with Crippen molar-refractivity contribution >= 4 is 11.1 Å². The summed E-state index contributed by atoms with van der Waals surface area (Å²) in [6.45, 7) is 3.53. The molecule has 0 saturated carbocycles. The van der Waals surface area contributed by atoms with Gasteiger partial charge in [-0.25, -0.2) is 4.21 Å². The van der Waals surface area contributed by atoms with Crippen molar-refractivity contribution in [1.82, 2.24) is 0 Å². The first-order chi connectivity index (χ1) is 4.22. The zero-order valence-corrected chi connectivity index (χ0v) is 6.31. The number of hydrogen-bond acceptors (Lipinski definition) is 1. The Morgan fingerprint density at radius 1 is 1.56 bits per heavy atom. The normalized spacial score (nSPS) is 16.6. The average Bonchev–Trinajstić information content (AvgIpc) is 1.82. The molecule has 2 nitrogen and oxygen atoms in total. The van der Waals surface area contributed by atoms with E-state index in [-0.39, 0.29) is 0 Å². The lowest BCUT2D eigenvalue weighted by Gasteiger charge is -1.89. The van der Waals surface area contributed by atoms with Crippen molar-refractivity contribution in [2.75, 3.05) is 0 Å². The van der Waals surface area contributed by atoms with Gasteiger partial charge in [-0.05, 0) is 19.9 Å². The second-order valence-corrected chi connectivity index (χ2v) is 2.41. The molecule has 1 atom stereocenters. The highest BCUT2D eigenvalue weighted by atomic mass is 32.2. The summed E-state index contributed by atoms with van der Waals surface area (Å²) in [4.78, 5) is 0.442. The van der Waals surface area contributed by atoms with Gasteiger partial charge in [-0.15, -0.1) is 0 Å². The van der Waals surface area contributed by atoms with Crippen LogP contribution in [0.1, 0.15) is 13.8 Å². The van der Waals surface area contributed by atoms with Gasteiger partial charge in [-0.3, -0.25) is 0 Å². The third-order valence-electron chi connectivity index (χ3n) is 0.817. The number of rotatable bonds is 2. The Labute approximate surface area is 57.6 Å². The Hall–Kier alpha value is -0.410. The van der Waals surface area contributed by atoms with Gasteiger partial charge in [0.1, 0.15) is 0 Å². The molecule has 0 aliphatic heterocycles. The molecule has 0 bridgehead atoms. The van der Waals surface area contributed by atoms with E-state index in [2.05, 4.69) is 0 Å². The van der Waals surface area contributed by atoms with E-state index in [1.807, 2.05) is 0 Å². The van der Waals surface area contributed by atoms with Gasteiger partial charge in [-0.1, -0.05) is 12.2 Å². The minimum absolute atomic E-state index is 0.442. The SMILES string of the molecule is C/C=C\C(=C/C)S(=O)O. The second-order valence-electron chi connectivity index (χ2n) is 1.44. The van der Waals surface area contributed by atoms with Crippen LogP contribution in [-0.4, -0.2) is 8.76 Å². The molecule has 0 aromatic rings. The van der Waals surface area contributed by atoms with Gasteiger partial charge in [0.05, 0.1) is 4.91 Å². The van der Waals surface area contributed by atoms with E-state index in [0.717, 1.165) is 0 Å². The van der Waals surface area contributed by atoms with Crippen LogP contribution in [0.5, 0.6) is 0 Å². The molecule has 0 spiro atoms. The Morgan fingerprint density at radius 3 is 2.22 bits per heavy atom. The highest BCUT2D eigenvalue weighted by Crippen LogP contribution is 1.99. The molecule has 0 rings (SSSR count). The van der Waals surface area contributed by atoms with Crippen LogP contribution in [0, 0.1) is 0 Å². The molecule has 0 radical (unpaired) electrons. The molecule has 0 amide bonds. The van der Waals surface area contributed by atoms with Gasteiger partial charge in [0.15, 0.2) is 11.1 Å². The van der Waals surface area contributed by atoms with Crippen molar-refractivity contribution in [3.63, 3.8) is 0 Å². The fraction of sp³-hybridized carbons (Fsp3) is 0.333. The Bertz CT molecular complexity index is 158. The first-order valence-electron chi connectivity index (χ1n) is 2.62. The van der Waals surface area contributed by atoms with Crippen molar-refractivity contribution < 1.29 is 8.76 Å². The first kappa shape index (κ1) is 8.59. The van der Waals surface area contributed by atoms with Gasteiger partial charge >= 0.3 is 0 Å². The van der Waals surface area contributed by atoms with Crippen LogP contribution in [0.4, 0.5) is 0 Å². The molecule has 52 valence electrons. The maximum atomic E-state index is 10.3. The van der Waals surface area contributed by atoms with E-state index >= 15 is 0 Å². The summed E-state index contributed by atoms with van der Waals surface area (Å²) in [6, 6.07) is 0. The molecule has 0 aromatic carbocycles. The molecule has 0 heterocycles. The largest absolute Gasteiger partial charge is 0.302 e. The van der Waals surface area contributed by atoms with Crippen LogP contribution in [0.15, 0.2) is 23.1 Å². The predicted octanol–water partition coefficient (Wildman–Crippen LogP) is 1.69. The van der Waals surface area contributed by atoms with Gasteiger partial charge < -0.3 is 4.55 Å². The van der Waals surface area contributed by atoms with Crippen LogP contribution in [0.3, 0.4) is 0 Å². The van der Waals surface area contributed by atoms with Crippen molar-refractivity contribution in [2.45, 2.75) is 13.8 Å². The lowest BCUT2D eigenvalue weighted by atomic mass is 10.4. The average molecular weight is 146 g/mol. The van der Waals surface area contributed by atoms with Crippen LogP contribution in [0.2, 0.25) is 0 Å². The minimum atomic E-state index is -1.83. The van der Waals surface area contributed by atoms with E-state index in [1.165, 1.54) is 0 Å². The van der Waals surface area contributed by atoms with Gasteiger partial charge in [0, 0.05) is 0 Å². The highest BCUT2D eigenvalue weighted by molar-refractivity contribution is 7.83. The second kappa shape index (κ2) is 4.47. The third-order valence-corrected chi connectivity index (χ3v) is 1.59. The zero-order valence-electron chi connectivity index (χ0n) is 5.50. The zero-order chi connectivity index (χ0) is 7.28. The number of allylic oxidation sites excluding steroid dienone is 3. The molecule has 0 aliphatic carbocycles. The Balaban J connectivity index is 4.19. The first-order valence-corrected chi connectivity index (χ1v) is 3.73. The van der Waals surface area contributed by atoms with Gasteiger partial charge in [-0.2, -0.15) is 0 Å². The van der Waals surface area contributed by atoms with E-state index in [4.69, 9.17) is 4.55 Å². The van der Waals surface area contributed by atoms with Crippen LogP contribution >= 0.6 is 0 Å². The molecule has 3 heteroatoms. The highest BCUT2D eigenvalue weighted by Gasteiger charge is 1.94. The fourth-order valence-electron chi connectivity index (χ4n) is 0.420. The van der Waals surface area contributed by atoms with E-state index in [1.54, 1.807) is 32.1 Å². The maximum absolute atomic E-state index is 10.3. The van der Waals surface area contributed by atoms with Crippen molar-refractivity contribution in [2.24, 2.45) is 0 Å². The lowest BCUT2D eigenvalue weighted by molar-refractivity contribution is 0.572. The van der Waals surface area contributed by atoms with Crippen molar-refractivity contribution in [3.8, 4) is 0 Å². The molecule has 0 fully saturated rings. The van der Waals surface area contributed by atoms with Crippen molar-refractivity contribution in [3.05, 3.63) is 23.1 Å². The predicted molar refractivity (Wildman–Crippen MR) is 39.3 cm³/mol. The molecule has 1 N–H and O–H groups in total. The molecule has 0 saturated heterocycles. The van der Waals surface area contributed by atoms with E-state index in [0.29, 0.717) is 4.91 Å². The third kappa shape index (κ3) is 3.21. The fourth-order valence-corrected chi connectivity index (χ4v) is 0.874. The standard InChI is InChI=1S/C6H10O2S/c1-3-5-6(4-2)9(7)8/h3-5H,1-2H3,(H,7,8)/b5-3-,6-4+. The van der Waals surface area contributed by atoms with Crippen LogP contribution < -0.4 is 0 Å². The van der Waals surface area contributed by atoms with E-state index in [9.17, 15) is 4.21 Å². The Kier molecular flexibility index (Phi) is 4.26. The van der Waals surface area contributed by atoms with Gasteiger partial charge in [0.25, 0.3) is 0 Å². The lowest BCUT2D eigenvalue weighted by Crippen LogP contribution is -1.87. The van der Waals surface area contributed by atoms with Gasteiger partial charge in [0.2, 0.25) is 0 Å². The van der Waals surface area contributed by atoms with E-state index < -0.39 is 11.1 Å². The molecular formula is C6H10O2S. The van der Waals surface area contributed by atoms with Crippen LogP contribution in [0.25, 0.3) is 0 Å². The molecule has 9 heavy (non-hydrogen) atoms. The maximum Gasteiger partial charge on any atom is 0.186 e. The van der Waals surface area contributed by atoms with Crippen molar-refractivity contribution in [1.29, 1.82) is 0 Å². The molecule has 0 aromatic heterocycles. The molecule has 1 unspecified atom stereocenters. The summed E-state index contributed by atoms with van der Waals surface area (Å²) in [5, 5.41) is 0. The smallest absolute Gasteiger partial charge is 0.186 e.